The summed E-state index contributed by atoms with van der Waals surface area (Å²) in [5.41, 5.74) is 0.260. The predicted molar refractivity (Wildman–Crippen MR) is 75.5 cm³/mol. The van der Waals surface area contributed by atoms with Gasteiger partial charge in [-0.3, -0.25) is 4.90 Å². The van der Waals surface area contributed by atoms with Crippen LogP contribution in [0.15, 0.2) is 0 Å². The summed E-state index contributed by atoms with van der Waals surface area (Å²) in [6, 6.07) is 0.708. The van der Waals surface area contributed by atoms with Crippen molar-refractivity contribution in [2.24, 2.45) is 0 Å². The van der Waals surface area contributed by atoms with Gasteiger partial charge in [-0.05, 0) is 54.1 Å². The summed E-state index contributed by atoms with van der Waals surface area (Å²) in [6.45, 7) is 18.6. The summed E-state index contributed by atoms with van der Waals surface area (Å²) in [5.74, 6) is 0. The normalized spacial score (nSPS) is 20.1. The summed E-state index contributed by atoms with van der Waals surface area (Å²) < 4.78 is 0. The van der Waals surface area contributed by atoms with Gasteiger partial charge in [-0.15, -0.1) is 0 Å². The number of nitrogens with zero attached hydrogens (tertiary/aromatic N) is 2. The highest BCUT2D eigenvalue weighted by molar-refractivity contribution is 4.75. The van der Waals surface area contributed by atoms with E-state index in [0.29, 0.717) is 6.04 Å². The van der Waals surface area contributed by atoms with Crippen molar-refractivity contribution in [3.63, 3.8) is 0 Å². The van der Waals surface area contributed by atoms with Crippen LogP contribution in [-0.2, 0) is 0 Å². The third-order valence-corrected chi connectivity index (χ3v) is 3.44. The fraction of sp³-hybridized carbons (Fsp3) is 1.00. The monoisotopic (exact) mass is 241 g/mol. The molecular formula is C14H31N3. The van der Waals surface area contributed by atoms with Crippen molar-refractivity contribution >= 4 is 0 Å². The molecule has 3 nitrogen and oxygen atoms in total. The highest BCUT2D eigenvalue weighted by Gasteiger charge is 2.18. The zero-order valence-electron chi connectivity index (χ0n) is 12.4. The quantitative estimate of drug-likeness (QED) is 0.740. The van der Waals surface area contributed by atoms with E-state index in [9.17, 15) is 0 Å². The maximum atomic E-state index is 3.55. The third-order valence-electron chi connectivity index (χ3n) is 3.44. The van der Waals surface area contributed by atoms with E-state index in [1.54, 1.807) is 0 Å². The van der Waals surface area contributed by atoms with E-state index >= 15 is 0 Å². The van der Waals surface area contributed by atoms with Gasteiger partial charge in [0.05, 0.1) is 0 Å². The predicted octanol–water partition coefficient (Wildman–Crippen LogP) is 1.79. The molecule has 102 valence electrons. The van der Waals surface area contributed by atoms with Crippen molar-refractivity contribution in [3.8, 4) is 0 Å². The van der Waals surface area contributed by atoms with Crippen molar-refractivity contribution < 1.29 is 0 Å². The molecule has 1 rings (SSSR count). The van der Waals surface area contributed by atoms with Gasteiger partial charge in [0.2, 0.25) is 0 Å². The minimum Gasteiger partial charge on any atom is -0.312 e. The molecule has 0 saturated carbocycles. The molecule has 0 atom stereocenters. The lowest BCUT2D eigenvalue weighted by molar-refractivity contribution is 0.107. The molecule has 1 N–H and O–H groups in total. The Bertz CT molecular complexity index is 200. The summed E-state index contributed by atoms with van der Waals surface area (Å²) in [7, 11) is 0. The largest absolute Gasteiger partial charge is 0.312 e. The van der Waals surface area contributed by atoms with Gasteiger partial charge in [-0.2, -0.15) is 0 Å². The number of rotatable bonds is 5. The molecule has 0 radical (unpaired) electrons. The van der Waals surface area contributed by atoms with Crippen LogP contribution in [0.2, 0.25) is 0 Å². The molecule has 0 aromatic heterocycles. The van der Waals surface area contributed by atoms with Gasteiger partial charge in [-0.1, -0.05) is 0 Å². The number of nitrogens with one attached hydrogen (secondary N) is 1. The minimum absolute atomic E-state index is 0.260. The van der Waals surface area contributed by atoms with Gasteiger partial charge in [0.25, 0.3) is 0 Å². The Morgan fingerprint density at radius 2 is 1.65 bits per heavy atom. The molecule has 3 heteroatoms. The van der Waals surface area contributed by atoms with Crippen LogP contribution in [0.4, 0.5) is 0 Å². The lowest BCUT2D eigenvalue weighted by Gasteiger charge is -2.37. The molecule has 17 heavy (non-hydrogen) atoms. The van der Waals surface area contributed by atoms with Gasteiger partial charge < -0.3 is 10.2 Å². The molecule has 0 aromatic rings. The second-order valence-electron chi connectivity index (χ2n) is 6.50. The Labute approximate surface area is 108 Å². The molecule has 1 saturated heterocycles. The Morgan fingerprint density at radius 3 is 2.12 bits per heavy atom. The minimum atomic E-state index is 0.260. The molecule has 0 bridgehead atoms. The summed E-state index contributed by atoms with van der Waals surface area (Å²) in [6.07, 6.45) is 1.26. The molecule has 0 aromatic carbocycles. The lowest BCUT2D eigenvalue weighted by atomic mass is 10.1. The number of piperazine rings is 1. The summed E-state index contributed by atoms with van der Waals surface area (Å²) >= 11 is 0. The molecule has 1 aliphatic heterocycles. The second kappa shape index (κ2) is 6.72. The van der Waals surface area contributed by atoms with Gasteiger partial charge >= 0.3 is 0 Å². The molecule has 1 heterocycles. The van der Waals surface area contributed by atoms with E-state index in [2.05, 4.69) is 49.7 Å². The van der Waals surface area contributed by atoms with Crippen LogP contribution in [0.1, 0.15) is 41.0 Å². The van der Waals surface area contributed by atoms with E-state index < -0.39 is 0 Å². The molecule has 0 aliphatic carbocycles. The lowest BCUT2D eigenvalue weighted by Crippen LogP contribution is -2.49. The van der Waals surface area contributed by atoms with Gasteiger partial charge in [0.1, 0.15) is 0 Å². The smallest absolute Gasteiger partial charge is 0.0113 e. The maximum Gasteiger partial charge on any atom is 0.0113 e. The molecular weight excluding hydrogens is 210 g/mol. The average molecular weight is 241 g/mol. The molecule has 1 aliphatic rings. The Hall–Kier alpha value is -0.120. The van der Waals surface area contributed by atoms with Crippen LogP contribution in [0.25, 0.3) is 0 Å². The van der Waals surface area contributed by atoms with Crippen LogP contribution in [-0.4, -0.2) is 60.6 Å². The number of hydrogen-bond donors (Lipinski definition) is 1. The van der Waals surface area contributed by atoms with Crippen LogP contribution in [0.3, 0.4) is 0 Å². The van der Waals surface area contributed by atoms with Crippen LogP contribution in [0.5, 0.6) is 0 Å². The van der Waals surface area contributed by atoms with Crippen molar-refractivity contribution in [2.75, 3.05) is 39.3 Å². The second-order valence-corrected chi connectivity index (χ2v) is 6.50. The van der Waals surface area contributed by atoms with E-state index in [1.807, 2.05) is 0 Å². The zero-order valence-corrected chi connectivity index (χ0v) is 12.4. The first-order valence-corrected chi connectivity index (χ1v) is 7.10. The van der Waals surface area contributed by atoms with E-state index in [0.717, 1.165) is 6.54 Å². The molecule has 0 amide bonds. The molecule has 0 unspecified atom stereocenters. The highest BCUT2D eigenvalue weighted by Crippen LogP contribution is 2.06. The van der Waals surface area contributed by atoms with E-state index in [1.165, 1.54) is 39.1 Å². The van der Waals surface area contributed by atoms with E-state index in [-0.39, 0.29) is 5.54 Å². The average Bonchev–Trinajstić information content (AvgIpc) is 2.24. The Kier molecular flexibility index (Phi) is 5.90. The maximum absolute atomic E-state index is 3.55. The fourth-order valence-electron chi connectivity index (χ4n) is 2.27. The molecule has 1 fully saturated rings. The van der Waals surface area contributed by atoms with Crippen molar-refractivity contribution in [1.29, 1.82) is 0 Å². The Morgan fingerprint density at radius 1 is 1.06 bits per heavy atom. The first-order valence-electron chi connectivity index (χ1n) is 7.10. The van der Waals surface area contributed by atoms with Crippen molar-refractivity contribution in [2.45, 2.75) is 52.6 Å². The summed E-state index contributed by atoms with van der Waals surface area (Å²) in [5, 5.41) is 3.55. The van der Waals surface area contributed by atoms with Gasteiger partial charge in [0, 0.05) is 37.8 Å². The van der Waals surface area contributed by atoms with Gasteiger partial charge in [-0.25, -0.2) is 0 Å². The Balaban J connectivity index is 2.07. The van der Waals surface area contributed by atoms with Crippen LogP contribution < -0.4 is 5.32 Å². The zero-order chi connectivity index (χ0) is 12.9. The van der Waals surface area contributed by atoms with Crippen molar-refractivity contribution in [3.05, 3.63) is 0 Å². The standard InChI is InChI=1S/C14H31N3/c1-13(2)17-11-9-16(10-12-17)8-6-7-15-14(3,4)5/h13,15H,6-12H2,1-5H3. The molecule has 0 spiro atoms. The third kappa shape index (κ3) is 6.39. The first-order chi connectivity index (χ1) is 7.88. The topological polar surface area (TPSA) is 18.5 Å². The SMILES string of the molecule is CC(C)N1CCN(CCCNC(C)(C)C)CC1. The van der Waals surface area contributed by atoms with Crippen molar-refractivity contribution in [1.82, 2.24) is 15.1 Å². The van der Waals surface area contributed by atoms with E-state index in [4.69, 9.17) is 0 Å². The van der Waals surface area contributed by atoms with Crippen LogP contribution >= 0.6 is 0 Å². The number of hydrogen-bond acceptors (Lipinski definition) is 3. The van der Waals surface area contributed by atoms with Gasteiger partial charge in [0.15, 0.2) is 0 Å². The van der Waals surface area contributed by atoms with Crippen LogP contribution in [0, 0.1) is 0 Å². The first kappa shape index (κ1) is 14.9. The summed E-state index contributed by atoms with van der Waals surface area (Å²) in [4.78, 5) is 5.17. The fourth-order valence-corrected chi connectivity index (χ4v) is 2.27. The highest BCUT2D eigenvalue weighted by atomic mass is 15.3.